The zero-order chi connectivity index (χ0) is 11.7. The number of ether oxygens (including phenoxy) is 1. The molecule has 88 valence electrons. The van der Waals surface area contributed by atoms with Crippen LogP contribution in [0.25, 0.3) is 10.9 Å². The highest BCUT2D eigenvalue weighted by atomic mass is 35.5. The second kappa shape index (κ2) is 4.51. The van der Waals surface area contributed by atoms with Crippen LogP contribution in [0.5, 0.6) is 0 Å². The van der Waals surface area contributed by atoms with Crippen molar-refractivity contribution >= 4 is 28.2 Å². The van der Waals surface area contributed by atoms with E-state index in [-0.39, 0.29) is 0 Å². The van der Waals surface area contributed by atoms with Crippen LogP contribution in [0.15, 0.2) is 30.5 Å². The summed E-state index contributed by atoms with van der Waals surface area (Å²) < 4.78 is 5.36. The van der Waals surface area contributed by atoms with Crippen LogP contribution in [0, 0.1) is 0 Å². The number of halogens is 1. The normalized spacial score (nSPS) is 19.7. The van der Waals surface area contributed by atoms with Gasteiger partial charge >= 0.3 is 0 Å². The number of aromatic nitrogens is 1. The van der Waals surface area contributed by atoms with Crippen LogP contribution in [0.2, 0.25) is 5.02 Å². The van der Waals surface area contributed by atoms with Gasteiger partial charge in [-0.2, -0.15) is 0 Å². The maximum atomic E-state index is 5.96. The highest BCUT2D eigenvalue weighted by molar-refractivity contribution is 6.31. The van der Waals surface area contributed by atoms with Crippen LogP contribution in [-0.4, -0.2) is 24.2 Å². The average molecular weight is 249 g/mol. The summed E-state index contributed by atoms with van der Waals surface area (Å²) in [7, 11) is 0. The smallest absolute Gasteiger partial charge is 0.0737 e. The van der Waals surface area contributed by atoms with Crippen LogP contribution in [0.4, 0.5) is 5.69 Å². The fourth-order valence-electron chi connectivity index (χ4n) is 2.12. The molecule has 4 heteroatoms. The van der Waals surface area contributed by atoms with Gasteiger partial charge < -0.3 is 10.1 Å². The minimum Gasteiger partial charge on any atom is -0.379 e. The molecule has 1 aliphatic heterocycles. The van der Waals surface area contributed by atoms with E-state index in [1.54, 1.807) is 6.20 Å². The van der Waals surface area contributed by atoms with E-state index in [1.165, 1.54) is 0 Å². The number of pyridine rings is 1. The van der Waals surface area contributed by atoms with Crippen molar-refractivity contribution in [2.45, 2.75) is 12.5 Å². The quantitative estimate of drug-likeness (QED) is 0.887. The van der Waals surface area contributed by atoms with E-state index in [0.717, 1.165) is 36.2 Å². The fraction of sp³-hybridized carbons (Fsp3) is 0.308. The number of hydrogen-bond donors (Lipinski definition) is 1. The van der Waals surface area contributed by atoms with Gasteiger partial charge in [0.15, 0.2) is 0 Å². The SMILES string of the molecule is Clc1ccc2c(NC3CCOC3)ccnc2c1. The van der Waals surface area contributed by atoms with Gasteiger partial charge in [-0.1, -0.05) is 11.6 Å². The van der Waals surface area contributed by atoms with Crippen LogP contribution in [-0.2, 0) is 4.74 Å². The molecule has 0 saturated carbocycles. The first-order valence-electron chi connectivity index (χ1n) is 5.71. The molecule has 0 spiro atoms. The second-order valence-electron chi connectivity index (χ2n) is 4.22. The molecule has 1 N–H and O–H groups in total. The predicted molar refractivity (Wildman–Crippen MR) is 69.6 cm³/mol. The Kier molecular flexibility index (Phi) is 2.87. The Morgan fingerprint density at radius 2 is 2.29 bits per heavy atom. The molecule has 1 fully saturated rings. The van der Waals surface area contributed by atoms with E-state index in [4.69, 9.17) is 16.3 Å². The Labute approximate surface area is 105 Å². The molecule has 0 amide bonds. The lowest BCUT2D eigenvalue weighted by molar-refractivity contribution is 0.195. The summed E-state index contributed by atoms with van der Waals surface area (Å²) in [4.78, 5) is 4.32. The fourth-order valence-corrected chi connectivity index (χ4v) is 2.28. The number of rotatable bonds is 2. The number of benzene rings is 1. The van der Waals surface area contributed by atoms with Crippen molar-refractivity contribution in [3.8, 4) is 0 Å². The van der Waals surface area contributed by atoms with Crippen LogP contribution in [0.3, 0.4) is 0 Å². The van der Waals surface area contributed by atoms with Crippen LogP contribution >= 0.6 is 11.6 Å². The van der Waals surface area contributed by atoms with Crippen LogP contribution < -0.4 is 5.32 Å². The summed E-state index contributed by atoms with van der Waals surface area (Å²) in [5, 5.41) is 5.31. The summed E-state index contributed by atoms with van der Waals surface area (Å²) in [5.74, 6) is 0. The molecule has 0 aliphatic carbocycles. The lowest BCUT2D eigenvalue weighted by Gasteiger charge is -2.14. The minimum atomic E-state index is 0.399. The lowest BCUT2D eigenvalue weighted by atomic mass is 10.1. The molecule has 3 nitrogen and oxygen atoms in total. The van der Waals surface area contributed by atoms with Crippen molar-refractivity contribution < 1.29 is 4.74 Å². The number of anilines is 1. The van der Waals surface area contributed by atoms with E-state index in [9.17, 15) is 0 Å². The first kappa shape index (κ1) is 10.8. The molecule has 1 atom stereocenters. The number of nitrogens with zero attached hydrogens (tertiary/aromatic N) is 1. The molecule has 1 aliphatic rings. The molecular weight excluding hydrogens is 236 g/mol. The van der Waals surface area contributed by atoms with Crippen molar-refractivity contribution in [2.24, 2.45) is 0 Å². The minimum absolute atomic E-state index is 0.399. The highest BCUT2D eigenvalue weighted by Crippen LogP contribution is 2.25. The molecule has 1 aromatic heterocycles. The van der Waals surface area contributed by atoms with Gasteiger partial charge in [0.25, 0.3) is 0 Å². The Morgan fingerprint density at radius 3 is 3.12 bits per heavy atom. The van der Waals surface area contributed by atoms with Gasteiger partial charge in [0, 0.05) is 28.9 Å². The third kappa shape index (κ3) is 2.21. The van der Waals surface area contributed by atoms with Gasteiger partial charge in [-0.3, -0.25) is 4.98 Å². The second-order valence-corrected chi connectivity index (χ2v) is 4.66. The first-order chi connectivity index (χ1) is 8.33. The number of hydrogen-bond acceptors (Lipinski definition) is 3. The van der Waals surface area contributed by atoms with Gasteiger partial charge in [0.2, 0.25) is 0 Å². The van der Waals surface area contributed by atoms with Gasteiger partial charge in [-0.05, 0) is 30.7 Å². The maximum absolute atomic E-state index is 5.96. The molecule has 17 heavy (non-hydrogen) atoms. The summed E-state index contributed by atoms with van der Waals surface area (Å²) in [6, 6.07) is 8.17. The van der Waals surface area contributed by atoms with Gasteiger partial charge in [0.05, 0.1) is 18.2 Å². The van der Waals surface area contributed by atoms with Crippen LogP contribution in [0.1, 0.15) is 6.42 Å². The molecular formula is C13H13ClN2O. The number of fused-ring (bicyclic) bond motifs is 1. The lowest BCUT2D eigenvalue weighted by Crippen LogP contribution is -2.19. The molecule has 0 bridgehead atoms. The summed E-state index contributed by atoms with van der Waals surface area (Å²) in [6.45, 7) is 1.61. The van der Waals surface area contributed by atoms with E-state index < -0.39 is 0 Å². The summed E-state index contributed by atoms with van der Waals surface area (Å²) >= 11 is 5.96. The van der Waals surface area contributed by atoms with Crippen molar-refractivity contribution in [2.75, 3.05) is 18.5 Å². The molecule has 0 radical (unpaired) electrons. The van der Waals surface area contributed by atoms with Gasteiger partial charge in [-0.25, -0.2) is 0 Å². The Morgan fingerprint density at radius 1 is 1.35 bits per heavy atom. The van der Waals surface area contributed by atoms with E-state index in [2.05, 4.69) is 10.3 Å². The standard InChI is InChI=1S/C13H13ClN2O/c14-9-1-2-11-12(3-5-15-13(11)7-9)16-10-4-6-17-8-10/h1-3,5,7,10H,4,6,8H2,(H,15,16). The van der Waals surface area contributed by atoms with E-state index in [0.29, 0.717) is 11.1 Å². The molecule has 3 rings (SSSR count). The molecule has 1 saturated heterocycles. The third-order valence-corrected chi connectivity index (χ3v) is 3.23. The molecule has 2 heterocycles. The Hall–Kier alpha value is -1.32. The van der Waals surface area contributed by atoms with Crippen molar-refractivity contribution in [3.63, 3.8) is 0 Å². The van der Waals surface area contributed by atoms with E-state index in [1.807, 2.05) is 24.3 Å². The zero-order valence-corrected chi connectivity index (χ0v) is 10.1. The Balaban J connectivity index is 1.97. The van der Waals surface area contributed by atoms with Crippen molar-refractivity contribution in [1.29, 1.82) is 0 Å². The highest BCUT2D eigenvalue weighted by Gasteiger charge is 2.16. The average Bonchev–Trinajstić information content (AvgIpc) is 2.82. The zero-order valence-electron chi connectivity index (χ0n) is 9.32. The monoisotopic (exact) mass is 248 g/mol. The third-order valence-electron chi connectivity index (χ3n) is 2.99. The summed E-state index contributed by atoms with van der Waals surface area (Å²) in [6.07, 6.45) is 2.86. The predicted octanol–water partition coefficient (Wildman–Crippen LogP) is 3.09. The van der Waals surface area contributed by atoms with Gasteiger partial charge in [0.1, 0.15) is 0 Å². The maximum Gasteiger partial charge on any atom is 0.0737 e. The molecule has 2 aromatic rings. The van der Waals surface area contributed by atoms with Crippen molar-refractivity contribution in [1.82, 2.24) is 4.98 Å². The summed E-state index contributed by atoms with van der Waals surface area (Å²) in [5.41, 5.74) is 2.02. The largest absolute Gasteiger partial charge is 0.379 e. The molecule has 1 aromatic carbocycles. The van der Waals surface area contributed by atoms with E-state index >= 15 is 0 Å². The number of nitrogens with one attached hydrogen (secondary N) is 1. The first-order valence-corrected chi connectivity index (χ1v) is 6.09. The van der Waals surface area contributed by atoms with Gasteiger partial charge in [-0.15, -0.1) is 0 Å². The molecule has 1 unspecified atom stereocenters. The van der Waals surface area contributed by atoms with Crippen molar-refractivity contribution in [3.05, 3.63) is 35.5 Å². The Bertz CT molecular complexity index is 538. The topological polar surface area (TPSA) is 34.1 Å².